The van der Waals surface area contributed by atoms with Crippen molar-refractivity contribution in [3.05, 3.63) is 48.0 Å². The lowest BCUT2D eigenvalue weighted by atomic mass is 10.0. The first-order chi connectivity index (χ1) is 16.6. The molecule has 0 aromatic heterocycles. The summed E-state index contributed by atoms with van der Waals surface area (Å²) in [5.74, 6) is 1.70. The van der Waals surface area contributed by atoms with Crippen molar-refractivity contribution in [3.8, 4) is 11.5 Å². The molecule has 2 aromatic carbocycles. The van der Waals surface area contributed by atoms with E-state index in [1.54, 1.807) is 18.2 Å². The van der Waals surface area contributed by atoms with Crippen molar-refractivity contribution < 1.29 is 19.1 Å². The van der Waals surface area contributed by atoms with E-state index < -0.39 is 0 Å². The molecule has 34 heavy (non-hydrogen) atoms. The van der Waals surface area contributed by atoms with Crippen LogP contribution in [-0.2, 0) is 4.79 Å². The first-order valence-electron chi connectivity index (χ1n) is 12.2. The molecule has 1 aliphatic heterocycles. The van der Waals surface area contributed by atoms with Gasteiger partial charge in [-0.05, 0) is 48.7 Å². The fraction of sp³-hybridized carbons (Fsp3) is 0.481. The lowest BCUT2D eigenvalue weighted by Crippen LogP contribution is -2.48. The van der Waals surface area contributed by atoms with Gasteiger partial charge >= 0.3 is 0 Å². The summed E-state index contributed by atoms with van der Waals surface area (Å²) in [5, 5.41) is 2.93. The second-order valence-electron chi connectivity index (χ2n) is 9.10. The minimum absolute atomic E-state index is 0.285. The van der Waals surface area contributed by atoms with Gasteiger partial charge in [-0.2, -0.15) is 0 Å². The summed E-state index contributed by atoms with van der Waals surface area (Å²) >= 11 is 0. The Balaban J connectivity index is 1.30. The van der Waals surface area contributed by atoms with Crippen LogP contribution in [0.25, 0.3) is 0 Å². The van der Waals surface area contributed by atoms with Crippen LogP contribution in [0.3, 0.4) is 0 Å². The number of hydrogen-bond acceptors (Lipinski definition) is 5. The van der Waals surface area contributed by atoms with E-state index in [9.17, 15) is 9.59 Å². The molecule has 1 saturated heterocycles. The zero-order chi connectivity index (χ0) is 23.9. The number of nitrogens with zero attached hydrogens (tertiary/aromatic N) is 2. The Bertz CT molecular complexity index is 956. The highest BCUT2D eigenvalue weighted by atomic mass is 16.5. The van der Waals surface area contributed by atoms with Gasteiger partial charge in [-0.25, -0.2) is 0 Å². The normalized spacial score (nSPS) is 16.4. The molecule has 1 saturated carbocycles. The predicted octanol–water partition coefficient (Wildman–Crippen LogP) is 4.58. The Kier molecular flexibility index (Phi) is 7.93. The Morgan fingerprint density at radius 1 is 0.912 bits per heavy atom. The van der Waals surface area contributed by atoms with Crippen molar-refractivity contribution in [1.82, 2.24) is 4.90 Å². The van der Waals surface area contributed by atoms with Gasteiger partial charge in [-0.15, -0.1) is 0 Å². The molecule has 7 heteroatoms. The third kappa shape index (κ3) is 5.64. The monoisotopic (exact) mass is 465 g/mol. The molecule has 182 valence electrons. The van der Waals surface area contributed by atoms with Gasteiger partial charge in [-0.3, -0.25) is 9.59 Å². The topological polar surface area (TPSA) is 71.1 Å². The zero-order valence-electron chi connectivity index (χ0n) is 20.2. The number of nitrogens with one attached hydrogen (secondary N) is 1. The van der Waals surface area contributed by atoms with Gasteiger partial charge in [0.1, 0.15) is 17.1 Å². The quantitative estimate of drug-likeness (QED) is 0.618. The maximum Gasteiger partial charge on any atom is 0.263 e. The number of carbonyl (C=O) groups excluding carboxylic acids is 2. The van der Waals surface area contributed by atoms with Crippen molar-refractivity contribution in [1.29, 1.82) is 0 Å². The van der Waals surface area contributed by atoms with E-state index in [1.165, 1.54) is 39.9 Å². The first-order valence-corrected chi connectivity index (χ1v) is 12.2. The molecule has 0 unspecified atom stereocenters. The molecule has 0 atom stereocenters. The van der Waals surface area contributed by atoms with Crippen molar-refractivity contribution in [2.75, 3.05) is 50.6 Å². The van der Waals surface area contributed by atoms with E-state index >= 15 is 0 Å². The van der Waals surface area contributed by atoms with Gasteiger partial charge in [0.2, 0.25) is 5.91 Å². The van der Waals surface area contributed by atoms with Gasteiger partial charge < -0.3 is 24.6 Å². The van der Waals surface area contributed by atoms with Gasteiger partial charge in [0, 0.05) is 44.0 Å². The van der Waals surface area contributed by atoms with E-state index in [0.29, 0.717) is 35.1 Å². The molecule has 2 aliphatic rings. The Labute approximate surface area is 202 Å². The van der Waals surface area contributed by atoms with Gasteiger partial charge in [0.15, 0.2) is 0 Å². The number of piperazine rings is 1. The van der Waals surface area contributed by atoms with Crippen LogP contribution in [0.1, 0.15) is 48.9 Å². The van der Waals surface area contributed by atoms with Crippen LogP contribution in [0.4, 0.5) is 11.4 Å². The third-order valence-electron chi connectivity index (χ3n) is 7.02. The molecule has 4 rings (SSSR count). The maximum atomic E-state index is 12.9. The van der Waals surface area contributed by atoms with E-state index in [-0.39, 0.29) is 5.91 Å². The van der Waals surface area contributed by atoms with E-state index in [0.717, 1.165) is 44.2 Å². The highest BCUT2D eigenvalue weighted by Crippen LogP contribution is 2.30. The highest BCUT2D eigenvalue weighted by molar-refractivity contribution is 6.08. The molecular formula is C27H35N3O4. The molecular weight excluding hydrogens is 430 g/mol. The van der Waals surface area contributed by atoms with Crippen LogP contribution in [0.2, 0.25) is 0 Å². The van der Waals surface area contributed by atoms with Crippen molar-refractivity contribution in [3.63, 3.8) is 0 Å². The van der Waals surface area contributed by atoms with Crippen molar-refractivity contribution >= 4 is 23.2 Å². The molecule has 0 spiro atoms. The van der Waals surface area contributed by atoms with Crippen LogP contribution >= 0.6 is 0 Å². The first kappa shape index (κ1) is 23.9. The molecule has 0 bridgehead atoms. The highest BCUT2D eigenvalue weighted by Gasteiger charge is 2.23. The minimum atomic E-state index is -0.285. The zero-order valence-corrected chi connectivity index (χ0v) is 20.2. The lowest BCUT2D eigenvalue weighted by Gasteiger charge is -2.36. The van der Waals surface area contributed by atoms with E-state index in [4.69, 9.17) is 9.47 Å². The maximum absolute atomic E-state index is 12.9. The van der Waals surface area contributed by atoms with Crippen LogP contribution in [0.5, 0.6) is 11.5 Å². The third-order valence-corrected chi connectivity index (χ3v) is 7.02. The number of benzene rings is 2. The summed E-state index contributed by atoms with van der Waals surface area (Å²) in [6.07, 6.45) is 6.99. The predicted molar refractivity (Wildman–Crippen MR) is 134 cm³/mol. The Morgan fingerprint density at radius 3 is 2.12 bits per heavy atom. The van der Waals surface area contributed by atoms with Crippen molar-refractivity contribution in [2.45, 2.75) is 38.5 Å². The SMILES string of the molecule is COc1cccc(OC)c1C(=O)Nc1ccc(N2CCN(C(=O)CCC3CCCC3)CC2)cc1. The summed E-state index contributed by atoms with van der Waals surface area (Å²) in [6.45, 7) is 3.16. The Morgan fingerprint density at radius 2 is 1.53 bits per heavy atom. The fourth-order valence-corrected chi connectivity index (χ4v) is 5.02. The molecule has 7 nitrogen and oxygen atoms in total. The number of ether oxygens (including phenoxy) is 2. The summed E-state index contributed by atoms with van der Waals surface area (Å²) in [4.78, 5) is 29.8. The van der Waals surface area contributed by atoms with E-state index in [1.807, 2.05) is 29.2 Å². The van der Waals surface area contributed by atoms with Gasteiger partial charge in [-0.1, -0.05) is 31.7 Å². The number of methoxy groups -OCH3 is 2. The molecule has 2 aromatic rings. The van der Waals surface area contributed by atoms with Crippen LogP contribution in [-0.4, -0.2) is 57.1 Å². The molecule has 1 aliphatic carbocycles. The fourth-order valence-electron chi connectivity index (χ4n) is 5.02. The second-order valence-corrected chi connectivity index (χ2v) is 9.10. The number of amides is 2. The van der Waals surface area contributed by atoms with Gasteiger partial charge in [0.05, 0.1) is 14.2 Å². The summed E-state index contributed by atoms with van der Waals surface area (Å²) in [5.41, 5.74) is 2.15. The van der Waals surface area contributed by atoms with Crippen LogP contribution in [0.15, 0.2) is 42.5 Å². The summed E-state index contributed by atoms with van der Waals surface area (Å²) in [6, 6.07) is 13.1. The minimum Gasteiger partial charge on any atom is -0.496 e. The number of rotatable bonds is 8. The van der Waals surface area contributed by atoms with Crippen molar-refractivity contribution in [2.24, 2.45) is 5.92 Å². The average Bonchev–Trinajstić information content (AvgIpc) is 3.41. The van der Waals surface area contributed by atoms with Gasteiger partial charge in [0.25, 0.3) is 5.91 Å². The largest absolute Gasteiger partial charge is 0.496 e. The van der Waals surface area contributed by atoms with Crippen LogP contribution < -0.4 is 19.7 Å². The van der Waals surface area contributed by atoms with Crippen LogP contribution in [0, 0.1) is 5.92 Å². The average molecular weight is 466 g/mol. The molecule has 2 fully saturated rings. The Hall–Kier alpha value is -3.22. The molecule has 2 amide bonds. The molecule has 1 heterocycles. The summed E-state index contributed by atoms with van der Waals surface area (Å²) < 4.78 is 10.7. The van der Waals surface area contributed by atoms with E-state index in [2.05, 4.69) is 10.2 Å². The second kappa shape index (κ2) is 11.3. The number of carbonyl (C=O) groups is 2. The number of hydrogen-bond donors (Lipinski definition) is 1. The lowest BCUT2D eigenvalue weighted by molar-refractivity contribution is -0.131. The number of anilines is 2. The standard InChI is InChI=1S/C27H35N3O4/c1-33-23-8-5-9-24(34-2)26(23)27(32)28-21-11-13-22(14-12-21)29-16-18-30(19-17-29)25(31)15-10-20-6-3-4-7-20/h5,8-9,11-14,20H,3-4,6-7,10,15-19H2,1-2H3,(H,28,32). The smallest absolute Gasteiger partial charge is 0.263 e. The molecule has 0 radical (unpaired) electrons. The molecule has 1 N–H and O–H groups in total. The summed E-state index contributed by atoms with van der Waals surface area (Å²) in [7, 11) is 3.06.